The molecule has 1 atom stereocenters. The third-order valence-electron chi connectivity index (χ3n) is 2.41. The molecule has 0 aliphatic heterocycles. The highest BCUT2D eigenvalue weighted by atomic mass is 32.2. The quantitative estimate of drug-likeness (QED) is 0.847. The Balaban J connectivity index is 2.72. The van der Waals surface area contributed by atoms with Gasteiger partial charge in [0.2, 0.25) is 0 Å². The van der Waals surface area contributed by atoms with Crippen LogP contribution in [0.25, 0.3) is 10.1 Å². The van der Waals surface area contributed by atoms with Gasteiger partial charge < -0.3 is 4.74 Å². The van der Waals surface area contributed by atoms with Crippen molar-refractivity contribution in [2.45, 2.75) is 11.1 Å². The highest BCUT2D eigenvalue weighted by Gasteiger charge is 2.16. The number of hydrogen-bond acceptors (Lipinski definition) is 4. The number of fused-ring (bicyclic) bond motifs is 1. The van der Waals surface area contributed by atoms with Gasteiger partial charge in [-0.15, -0.1) is 11.3 Å². The van der Waals surface area contributed by atoms with Gasteiger partial charge in [0, 0.05) is 5.39 Å². The van der Waals surface area contributed by atoms with E-state index in [1.165, 1.54) is 18.4 Å². The molecule has 0 bridgehead atoms. The Kier molecular flexibility index (Phi) is 3.28. The number of benzene rings is 1. The largest absolute Gasteiger partial charge is 0.495 e. The van der Waals surface area contributed by atoms with Crippen LogP contribution in [0, 0.1) is 6.92 Å². The van der Waals surface area contributed by atoms with Crippen LogP contribution < -0.4 is 4.74 Å². The van der Waals surface area contributed by atoms with Gasteiger partial charge in [-0.1, -0.05) is 12.1 Å². The first-order chi connectivity index (χ1) is 7.69. The summed E-state index contributed by atoms with van der Waals surface area (Å²) in [7, 11) is 3.08. The summed E-state index contributed by atoms with van der Waals surface area (Å²) < 4.78 is 23.6. The number of rotatable bonds is 3. The number of ether oxygens (including phenoxy) is 1. The van der Waals surface area contributed by atoms with Gasteiger partial charge >= 0.3 is 0 Å². The Morgan fingerprint density at radius 1 is 1.31 bits per heavy atom. The minimum absolute atomic E-state index is 0.752. The Hall–Kier alpha value is -0.910. The van der Waals surface area contributed by atoms with Gasteiger partial charge in [0.15, 0.2) is 11.1 Å². The van der Waals surface area contributed by atoms with Crippen LogP contribution >= 0.6 is 11.3 Å². The summed E-state index contributed by atoms with van der Waals surface area (Å²) in [5, 5.41) is 1.07. The van der Waals surface area contributed by atoms with Crippen LogP contribution in [0.4, 0.5) is 0 Å². The van der Waals surface area contributed by atoms with E-state index in [1.54, 1.807) is 7.11 Å². The van der Waals surface area contributed by atoms with Gasteiger partial charge in [0.1, 0.15) is 9.96 Å². The summed E-state index contributed by atoms with van der Waals surface area (Å²) >= 11 is 0.0757. The van der Waals surface area contributed by atoms with Crippen LogP contribution in [0.2, 0.25) is 0 Å². The smallest absolute Gasteiger partial charge is 0.199 e. The molecular formula is C11H12O3S2. The van der Waals surface area contributed by atoms with Gasteiger partial charge in [-0.05, 0) is 18.6 Å². The first kappa shape index (κ1) is 11.6. The topological polar surface area (TPSA) is 35.5 Å². The van der Waals surface area contributed by atoms with Crippen molar-refractivity contribution >= 4 is 32.5 Å². The van der Waals surface area contributed by atoms with E-state index >= 15 is 0 Å². The molecule has 0 spiro atoms. The monoisotopic (exact) mass is 256 g/mol. The second-order valence-electron chi connectivity index (χ2n) is 3.25. The molecule has 0 amide bonds. The zero-order valence-electron chi connectivity index (χ0n) is 9.27. The number of aryl methyl sites for hydroxylation is 1. The van der Waals surface area contributed by atoms with E-state index in [2.05, 4.69) is 0 Å². The number of hydrogen-bond donors (Lipinski definition) is 0. The van der Waals surface area contributed by atoms with Gasteiger partial charge in [0.05, 0.1) is 18.9 Å². The fraction of sp³-hybridized carbons (Fsp3) is 0.273. The average molecular weight is 256 g/mol. The minimum atomic E-state index is -1.38. The first-order valence-corrected chi connectivity index (χ1v) is 6.60. The summed E-state index contributed by atoms with van der Waals surface area (Å²) in [6, 6.07) is 5.83. The van der Waals surface area contributed by atoms with E-state index in [9.17, 15) is 4.21 Å². The van der Waals surface area contributed by atoms with Crippen molar-refractivity contribution in [2.75, 3.05) is 14.2 Å². The fourth-order valence-corrected chi connectivity index (χ4v) is 3.86. The summed E-state index contributed by atoms with van der Waals surface area (Å²) in [4.78, 5) is 0. The van der Waals surface area contributed by atoms with Crippen molar-refractivity contribution in [3.8, 4) is 5.75 Å². The molecular weight excluding hydrogens is 244 g/mol. The summed E-state index contributed by atoms with van der Waals surface area (Å²) in [5.41, 5.74) is 0.999. The molecule has 2 rings (SSSR count). The molecule has 1 heterocycles. The lowest BCUT2D eigenvalue weighted by molar-refractivity contribution is 0.420. The Morgan fingerprint density at radius 3 is 2.69 bits per heavy atom. The lowest BCUT2D eigenvalue weighted by atomic mass is 10.2. The normalized spacial score (nSPS) is 12.9. The number of methoxy groups -OCH3 is 1. The lowest BCUT2D eigenvalue weighted by Crippen LogP contribution is -1.91. The van der Waals surface area contributed by atoms with Crippen LogP contribution in [0.5, 0.6) is 5.75 Å². The maximum absolute atomic E-state index is 11.7. The predicted octanol–water partition coefficient (Wildman–Crippen LogP) is 2.89. The van der Waals surface area contributed by atoms with Crippen molar-refractivity contribution in [1.82, 2.24) is 0 Å². The van der Waals surface area contributed by atoms with Crippen LogP contribution in [0.15, 0.2) is 22.4 Å². The second-order valence-corrected chi connectivity index (χ2v) is 5.74. The SMILES string of the molecule is COc1cccc2c(C)c(S(=O)OC)sc12. The summed E-state index contributed by atoms with van der Waals surface area (Å²) in [6.07, 6.45) is 0. The molecule has 0 fully saturated rings. The first-order valence-electron chi connectivity index (χ1n) is 4.71. The van der Waals surface area contributed by atoms with Crippen molar-refractivity contribution in [1.29, 1.82) is 0 Å². The van der Waals surface area contributed by atoms with E-state index < -0.39 is 11.1 Å². The van der Waals surface area contributed by atoms with Crippen LogP contribution in [-0.4, -0.2) is 18.4 Å². The Morgan fingerprint density at radius 2 is 2.06 bits per heavy atom. The highest BCUT2D eigenvalue weighted by molar-refractivity contribution is 7.83. The van der Waals surface area contributed by atoms with Gasteiger partial charge in [0.25, 0.3) is 0 Å². The standard InChI is InChI=1S/C11H12O3S2/c1-7-8-5-4-6-9(13-2)10(8)15-11(7)16(12)14-3/h4-6H,1-3H3. The summed E-state index contributed by atoms with van der Waals surface area (Å²) in [5.74, 6) is 0.810. The summed E-state index contributed by atoms with van der Waals surface area (Å²) in [6.45, 7) is 1.95. The molecule has 2 aromatic rings. The fourth-order valence-electron chi connectivity index (χ4n) is 1.59. The molecule has 1 unspecified atom stereocenters. The molecule has 0 aliphatic carbocycles. The molecule has 0 saturated carbocycles. The maximum Gasteiger partial charge on any atom is 0.199 e. The third kappa shape index (κ3) is 1.75. The van der Waals surface area contributed by atoms with E-state index in [4.69, 9.17) is 8.92 Å². The molecule has 5 heteroatoms. The van der Waals surface area contributed by atoms with Crippen molar-refractivity contribution in [3.63, 3.8) is 0 Å². The van der Waals surface area contributed by atoms with Gasteiger partial charge in [-0.2, -0.15) is 0 Å². The van der Waals surface area contributed by atoms with Crippen molar-refractivity contribution in [3.05, 3.63) is 23.8 Å². The van der Waals surface area contributed by atoms with Crippen LogP contribution in [0.3, 0.4) is 0 Å². The number of thiophene rings is 1. The van der Waals surface area contributed by atoms with E-state index in [-0.39, 0.29) is 0 Å². The Labute approximate surface area is 101 Å². The molecule has 1 aromatic carbocycles. The van der Waals surface area contributed by atoms with Crippen LogP contribution in [-0.2, 0) is 15.3 Å². The van der Waals surface area contributed by atoms with Gasteiger partial charge in [-0.25, -0.2) is 4.21 Å². The molecule has 86 valence electrons. The van der Waals surface area contributed by atoms with Gasteiger partial charge in [-0.3, -0.25) is 4.18 Å². The zero-order chi connectivity index (χ0) is 11.7. The lowest BCUT2D eigenvalue weighted by Gasteiger charge is -1.99. The van der Waals surface area contributed by atoms with E-state index in [1.807, 2.05) is 25.1 Å². The molecule has 0 radical (unpaired) electrons. The molecule has 0 saturated heterocycles. The predicted molar refractivity (Wildman–Crippen MR) is 66.5 cm³/mol. The minimum Gasteiger partial charge on any atom is -0.495 e. The molecule has 3 nitrogen and oxygen atoms in total. The van der Waals surface area contributed by atoms with E-state index in [0.29, 0.717) is 0 Å². The molecule has 0 aliphatic rings. The third-order valence-corrected chi connectivity index (χ3v) is 5.09. The maximum atomic E-state index is 11.7. The average Bonchev–Trinajstić information content (AvgIpc) is 2.66. The highest BCUT2D eigenvalue weighted by Crippen LogP contribution is 2.38. The van der Waals surface area contributed by atoms with Crippen LogP contribution in [0.1, 0.15) is 5.56 Å². The molecule has 1 aromatic heterocycles. The van der Waals surface area contributed by atoms with E-state index in [0.717, 1.165) is 25.6 Å². The zero-order valence-corrected chi connectivity index (χ0v) is 10.9. The molecule has 16 heavy (non-hydrogen) atoms. The molecule has 0 N–H and O–H groups in total. The van der Waals surface area contributed by atoms with Crippen molar-refractivity contribution < 1.29 is 13.1 Å². The van der Waals surface area contributed by atoms with Crippen molar-refractivity contribution in [2.24, 2.45) is 0 Å². The Bertz CT molecular complexity index is 545. The second kappa shape index (κ2) is 4.53.